The molecular formula is C53H93N9O10. The Morgan fingerprint density at radius 1 is 0.764 bits per heavy atom. The number of likely N-dealkylation sites (tertiary alicyclic amines) is 1. The van der Waals surface area contributed by atoms with Gasteiger partial charge in [0.05, 0.1) is 69.1 Å². The molecule has 0 bridgehead atoms. The molecule has 0 saturated carbocycles. The topological polar surface area (TPSA) is 221 Å². The number of rotatable bonds is 32. The number of urea groups is 1. The molecule has 0 radical (unpaired) electrons. The molecule has 1 aromatic carbocycles. The normalized spacial score (nSPS) is 18.7. The minimum Gasteiger partial charge on any atom is -0.379 e. The first kappa shape index (κ1) is 61.9. The number of carbonyl (C=O) groups excluding carboxylic acids is 6. The Bertz CT molecular complexity index is 1780. The van der Waals surface area contributed by atoms with Crippen LogP contribution in [-0.4, -0.2) is 194 Å². The number of carbonyl (C=O) groups is 6. The lowest BCUT2D eigenvalue weighted by Crippen LogP contribution is -2.59. The number of benzene rings is 1. The summed E-state index contributed by atoms with van der Waals surface area (Å²) in [6.45, 7) is 18.5. The van der Waals surface area contributed by atoms with Gasteiger partial charge in [0, 0.05) is 53.9 Å². The molecule has 19 nitrogen and oxygen atoms in total. The summed E-state index contributed by atoms with van der Waals surface area (Å²) < 4.78 is 23.4. The predicted octanol–water partition coefficient (Wildman–Crippen LogP) is 2.81. The van der Waals surface area contributed by atoms with Gasteiger partial charge in [-0.3, -0.25) is 28.9 Å². The second-order valence-electron chi connectivity index (χ2n) is 20.6. The zero-order valence-corrected chi connectivity index (χ0v) is 45.8. The van der Waals surface area contributed by atoms with Crippen LogP contribution in [0.25, 0.3) is 0 Å². The third-order valence-electron chi connectivity index (χ3n) is 14.3. The lowest BCUT2D eigenvalue weighted by Gasteiger charge is -2.41. The lowest BCUT2D eigenvalue weighted by molar-refractivity contribution is -0.148. The summed E-state index contributed by atoms with van der Waals surface area (Å²) in [7, 11) is 8.51. The van der Waals surface area contributed by atoms with Gasteiger partial charge in [0.25, 0.3) is 0 Å². The third-order valence-corrected chi connectivity index (χ3v) is 14.3. The summed E-state index contributed by atoms with van der Waals surface area (Å²) in [6.07, 6.45) is 3.03. The van der Waals surface area contributed by atoms with E-state index in [1.807, 2.05) is 90.9 Å². The van der Waals surface area contributed by atoms with Crippen molar-refractivity contribution in [1.82, 2.24) is 46.6 Å². The first-order valence-electron chi connectivity index (χ1n) is 26.4. The van der Waals surface area contributed by atoms with Crippen LogP contribution in [0.1, 0.15) is 92.6 Å². The molecule has 2 heterocycles. The highest BCUT2D eigenvalue weighted by Crippen LogP contribution is 2.30. The van der Waals surface area contributed by atoms with Crippen LogP contribution in [0.2, 0.25) is 0 Å². The number of methoxy groups -OCH3 is 2. The molecule has 6 N–H and O–H groups in total. The Morgan fingerprint density at radius 2 is 1.40 bits per heavy atom. The molecule has 0 aliphatic carbocycles. The second kappa shape index (κ2) is 32.7. The number of piperidine rings is 1. The highest BCUT2D eigenvalue weighted by molar-refractivity contribution is 5.91. The van der Waals surface area contributed by atoms with E-state index in [0.717, 1.165) is 31.5 Å². The number of hydrogen-bond acceptors (Lipinski definition) is 12. The molecule has 2 saturated heterocycles. The molecule has 72 heavy (non-hydrogen) atoms. The molecule has 1 aromatic rings. The Hall–Kier alpha value is -4.40. The fourth-order valence-corrected chi connectivity index (χ4v) is 10.1. The Morgan fingerprint density at radius 3 is 1.97 bits per heavy atom. The number of amides is 7. The van der Waals surface area contributed by atoms with Crippen molar-refractivity contribution in [2.75, 3.05) is 101 Å². The van der Waals surface area contributed by atoms with Crippen molar-refractivity contribution < 1.29 is 47.7 Å². The van der Waals surface area contributed by atoms with Crippen LogP contribution in [0.15, 0.2) is 30.3 Å². The molecule has 0 spiro atoms. The van der Waals surface area contributed by atoms with Gasteiger partial charge in [-0.25, -0.2) is 4.79 Å². The van der Waals surface area contributed by atoms with Crippen molar-refractivity contribution in [3.63, 3.8) is 0 Å². The summed E-state index contributed by atoms with van der Waals surface area (Å²) in [5.41, 5.74) is 0.868. The summed E-state index contributed by atoms with van der Waals surface area (Å²) in [6, 6.07) is 6.21. The van der Waals surface area contributed by atoms with Crippen LogP contribution in [-0.2, 0) is 49.3 Å². The Balaban J connectivity index is 1.60. The van der Waals surface area contributed by atoms with Crippen molar-refractivity contribution in [2.45, 2.75) is 136 Å². The first-order valence-corrected chi connectivity index (χ1v) is 26.4. The number of nitrogens with one attached hydrogen (secondary N) is 6. The lowest BCUT2D eigenvalue weighted by atomic mass is 9.89. The monoisotopic (exact) mass is 1020 g/mol. The SMILES string of the molecule is CC[C@H](C)[C@@H]([C@@H](CC(=O)N1CCC[C@H]1[C@H](OC)[C@@H](C)C(=O)N[C@H](Cc1ccccc1)C(=O)NCCOCCOCCNC(=O)NCC1CCNCC1)OC)N(C)C(=O)[C@@H](NC(=O)C(C(C)C)N(C)C)C(C)C. The van der Waals surface area contributed by atoms with Gasteiger partial charge in [-0.15, -0.1) is 0 Å². The van der Waals surface area contributed by atoms with Gasteiger partial charge >= 0.3 is 6.03 Å². The predicted molar refractivity (Wildman–Crippen MR) is 279 cm³/mol. The summed E-state index contributed by atoms with van der Waals surface area (Å²) in [4.78, 5) is 87.6. The number of likely N-dealkylation sites (N-methyl/N-ethyl adjacent to an activating group) is 2. The van der Waals surface area contributed by atoms with E-state index in [0.29, 0.717) is 64.6 Å². The van der Waals surface area contributed by atoms with E-state index >= 15 is 0 Å². The fraction of sp³-hybridized carbons (Fsp3) is 0.774. The zero-order valence-electron chi connectivity index (χ0n) is 45.8. The first-order chi connectivity index (χ1) is 34.4. The van der Waals surface area contributed by atoms with E-state index < -0.39 is 48.3 Å². The van der Waals surface area contributed by atoms with E-state index in [2.05, 4.69) is 31.9 Å². The van der Waals surface area contributed by atoms with Crippen LogP contribution >= 0.6 is 0 Å². The molecule has 2 aliphatic rings. The molecule has 410 valence electrons. The molecular weight excluding hydrogens is 923 g/mol. The van der Waals surface area contributed by atoms with Gasteiger partial charge in [-0.1, -0.05) is 85.2 Å². The Kier molecular flexibility index (Phi) is 28.1. The zero-order chi connectivity index (χ0) is 53.3. The number of ether oxygens (including phenoxy) is 4. The van der Waals surface area contributed by atoms with Crippen LogP contribution in [0, 0.1) is 29.6 Å². The number of hydrogen-bond donors (Lipinski definition) is 6. The molecule has 7 amide bonds. The van der Waals surface area contributed by atoms with Gasteiger partial charge in [0.2, 0.25) is 29.5 Å². The molecule has 1 unspecified atom stereocenters. The molecule has 2 fully saturated rings. The summed E-state index contributed by atoms with van der Waals surface area (Å²) in [5.74, 6) is -1.88. The smallest absolute Gasteiger partial charge is 0.314 e. The van der Waals surface area contributed by atoms with Gasteiger partial charge < -0.3 is 60.6 Å². The minimum atomic E-state index is -0.901. The average molecular weight is 1020 g/mol. The molecule has 9 atom stereocenters. The van der Waals surface area contributed by atoms with E-state index in [1.165, 1.54) is 7.11 Å². The fourth-order valence-electron chi connectivity index (χ4n) is 10.1. The van der Waals surface area contributed by atoms with E-state index in [4.69, 9.17) is 18.9 Å². The van der Waals surface area contributed by atoms with Crippen molar-refractivity contribution in [2.24, 2.45) is 29.6 Å². The van der Waals surface area contributed by atoms with E-state index in [9.17, 15) is 28.8 Å². The average Bonchev–Trinajstić information content (AvgIpc) is 3.84. The van der Waals surface area contributed by atoms with Crippen molar-refractivity contribution in [1.29, 1.82) is 0 Å². The van der Waals surface area contributed by atoms with Crippen molar-refractivity contribution in [3.05, 3.63) is 35.9 Å². The third kappa shape index (κ3) is 19.8. The van der Waals surface area contributed by atoms with E-state index in [-0.39, 0.29) is 79.3 Å². The molecule has 2 aliphatic heterocycles. The minimum absolute atomic E-state index is 0.0159. The maximum atomic E-state index is 14.5. The number of nitrogens with zero attached hydrogens (tertiary/aromatic N) is 3. The molecule has 19 heteroatoms. The van der Waals surface area contributed by atoms with Crippen LogP contribution in [0.4, 0.5) is 4.79 Å². The quantitative estimate of drug-likeness (QED) is 0.0575. The maximum Gasteiger partial charge on any atom is 0.314 e. The molecule has 0 aromatic heterocycles. The van der Waals surface area contributed by atoms with Crippen molar-refractivity contribution in [3.8, 4) is 0 Å². The second-order valence-corrected chi connectivity index (χ2v) is 20.6. The maximum absolute atomic E-state index is 14.5. The van der Waals surface area contributed by atoms with Crippen molar-refractivity contribution >= 4 is 35.6 Å². The Labute approximate surface area is 431 Å². The van der Waals surface area contributed by atoms with Crippen LogP contribution in [0.3, 0.4) is 0 Å². The van der Waals surface area contributed by atoms with E-state index in [1.54, 1.807) is 30.9 Å². The van der Waals surface area contributed by atoms with Crippen LogP contribution < -0.4 is 31.9 Å². The van der Waals surface area contributed by atoms with Gasteiger partial charge in [0.1, 0.15) is 12.1 Å². The van der Waals surface area contributed by atoms with Crippen LogP contribution in [0.5, 0.6) is 0 Å². The molecule has 3 rings (SSSR count). The largest absolute Gasteiger partial charge is 0.379 e. The summed E-state index contributed by atoms with van der Waals surface area (Å²) in [5, 5.41) is 18.0. The van der Waals surface area contributed by atoms with Gasteiger partial charge in [-0.2, -0.15) is 0 Å². The highest BCUT2D eigenvalue weighted by Gasteiger charge is 2.43. The standard InChI is InChI=1S/C53H93N9O10/c1-13-37(6)47(61(10)52(67)45(35(2)3)59-51(66)46(36(4)5)60(8)9)43(69-11)33-44(63)62-27-17-20-42(62)48(70-12)38(7)49(64)58-41(32-39-18-15-14-16-19-39)50(65)55-25-28-71-30-31-72-29-26-56-53(68)57-34-40-21-23-54-24-22-40/h14-16,18-19,35-38,40-43,45-48,54H,13,17,20-34H2,1-12H3,(H,55,65)(H,58,64)(H,59,66)(H2,56,57,68)/t37-,38+,41+,42-,43+,45-,46?,47-,48+/m0/s1. The van der Waals surface area contributed by atoms with Gasteiger partial charge in [-0.05, 0) is 82.1 Å². The highest BCUT2D eigenvalue weighted by atomic mass is 16.5. The van der Waals surface area contributed by atoms with Gasteiger partial charge in [0.15, 0.2) is 0 Å². The summed E-state index contributed by atoms with van der Waals surface area (Å²) >= 11 is 0.